The van der Waals surface area contributed by atoms with E-state index in [4.69, 9.17) is 66.6 Å². The smallest absolute Gasteiger partial charge is 0.370 e. The van der Waals surface area contributed by atoms with Crippen LogP contribution in [0.1, 0.15) is 26.0 Å². The quantitative estimate of drug-likeness (QED) is 0.0125. The summed E-state index contributed by atoms with van der Waals surface area (Å²) in [4.78, 5) is 89.8. The van der Waals surface area contributed by atoms with Crippen LogP contribution >= 0.6 is 0 Å². The van der Waals surface area contributed by atoms with Gasteiger partial charge in [0.15, 0.2) is 24.1 Å². The fourth-order valence-electron chi connectivity index (χ4n) is 8.67. The van der Waals surface area contributed by atoms with Crippen molar-refractivity contribution in [2.24, 2.45) is 11.5 Å². The van der Waals surface area contributed by atoms with E-state index in [9.17, 15) is 64.2 Å². The molecule has 5 amide bonds. The molecule has 0 aliphatic carbocycles. The van der Waals surface area contributed by atoms with E-state index in [0.717, 1.165) is 26.0 Å². The lowest BCUT2D eigenvalue weighted by Gasteiger charge is -2.41. The van der Waals surface area contributed by atoms with Crippen molar-refractivity contribution in [3.8, 4) is 12.3 Å². The summed E-state index contributed by atoms with van der Waals surface area (Å²) in [5, 5.41) is 101. The molecule has 0 fully saturated rings. The molecule has 4 heterocycles. The number of hydrogen-bond donors (Lipinski definition) is 18. The fraction of sp³-hybridized carbons (Fsp3) is 0.620. The monoisotopic (exact) mass is 1250 g/mol. The predicted octanol–water partition coefficient (Wildman–Crippen LogP) is -8.98. The first-order valence-corrected chi connectivity index (χ1v) is 27.3. The third kappa shape index (κ3) is 25.1. The molecule has 0 spiro atoms. The van der Waals surface area contributed by atoms with Gasteiger partial charge in [-0.2, -0.15) is 0 Å². The number of nitrogens with zero attached hydrogens (tertiary/aromatic N) is 5. The minimum absolute atomic E-state index is 0.00751. The van der Waals surface area contributed by atoms with Gasteiger partial charge in [0, 0.05) is 33.1 Å². The van der Waals surface area contributed by atoms with Gasteiger partial charge in [0.05, 0.1) is 128 Å². The number of rotatable bonds is 41. The summed E-state index contributed by atoms with van der Waals surface area (Å²) in [6, 6.07) is -4.76. The first-order chi connectivity index (χ1) is 42.0. The van der Waals surface area contributed by atoms with Crippen LogP contribution in [0.5, 0.6) is 0 Å². The van der Waals surface area contributed by atoms with Gasteiger partial charge in [-0.15, -0.1) is 17.1 Å². The van der Waals surface area contributed by atoms with Crippen LogP contribution in [0.2, 0.25) is 0 Å². The number of guanidine groups is 2. The van der Waals surface area contributed by atoms with Crippen LogP contribution in [0.3, 0.4) is 0 Å². The minimum Gasteiger partial charge on any atom is -0.478 e. The Labute approximate surface area is 503 Å². The number of hydrazine groups is 2. The first-order valence-electron chi connectivity index (χ1n) is 27.3. The molecule has 0 bridgehead atoms. The lowest BCUT2D eigenvalue weighted by Crippen LogP contribution is -2.64. The Bertz CT molecular complexity index is 2640. The standard InChI is InChI=1S/C50H79N17O21/c1-4-10-81-12-14-83-16-17-84-15-13-82-11-5-40(76)65(20-30-22-66(63-61-30)8-6-55-38(74)26-85-43(34(72)24-68)45-41(57-28(2)70)32(59-49(51)52)18-36(87-45)47(77)78)21-31-23-67(64-62-31)9-7-56-39(75)27-86-44(35(73)25-69)46-42(58-29(3)71)33(60-50(53)54)19-37(88-46)48(79)80/h1,18-19,22-23,32-35,41-46,61,63,68-69,72-73H,5-17,20-21,24-27H2,2-3H3,(H,55,74)(H,56,75)(H,57,70)(H,58,71)(H,77,78)(H,79,80)(H4,51,52,59)(H4,53,54,60)/t32-,33-,34+,35+,41+,42+,43+,44+,45+,46+/m0/s1. The molecule has 3 aliphatic rings. The molecule has 0 aromatic carbocycles. The number of carboxylic acid groups (broad SMARTS) is 2. The molecule has 0 saturated heterocycles. The maximum Gasteiger partial charge on any atom is 0.370 e. The highest BCUT2D eigenvalue weighted by Crippen LogP contribution is 2.27. The maximum atomic E-state index is 13.8. The van der Waals surface area contributed by atoms with Gasteiger partial charge in [0.1, 0.15) is 49.9 Å². The zero-order chi connectivity index (χ0) is 64.7. The van der Waals surface area contributed by atoms with Crippen molar-refractivity contribution in [1.29, 1.82) is 10.8 Å². The van der Waals surface area contributed by atoms with Gasteiger partial charge in [-0.1, -0.05) is 11.1 Å². The molecule has 0 unspecified atom stereocenters. The molecule has 0 saturated carbocycles. The highest BCUT2D eigenvalue weighted by atomic mass is 16.6. The molecule has 4 rings (SSSR count). The van der Waals surface area contributed by atoms with Gasteiger partial charge in [-0.25, -0.2) is 9.59 Å². The Kier molecular flexibility index (Phi) is 31.0. The van der Waals surface area contributed by atoms with E-state index in [-0.39, 0.29) is 78.0 Å². The second kappa shape index (κ2) is 37.9. The van der Waals surface area contributed by atoms with Crippen LogP contribution in [-0.4, -0.2) is 275 Å². The number of nitrogens with two attached hydrogens (primary N) is 2. The van der Waals surface area contributed by atoms with Crippen molar-refractivity contribution < 1.29 is 102 Å². The molecule has 88 heavy (non-hydrogen) atoms. The van der Waals surface area contributed by atoms with E-state index in [0.29, 0.717) is 37.8 Å². The third-order valence-corrected chi connectivity index (χ3v) is 12.5. The van der Waals surface area contributed by atoms with Gasteiger partial charge in [-0.05, 0) is 12.2 Å². The van der Waals surface area contributed by atoms with Gasteiger partial charge < -0.3 is 122 Å². The summed E-state index contributed by atoms with van der Waals surface area (Å²) < 4.78 is 45.7. The SMILES string of the molecule is C#CCOCCOCCOCCOCCC(=O)N(CC1=CN(CCNC(=O)CO[C@@H]([C@@H]2OC(C(=O)O)=C[C@H](NC(=N)N)[C@H]2NC(C)=O)[C@H](O)CO)NN1)Cc1cn(CCNC(=O)CO[C@@H]([C@@H]2OC(C(=O)O)=C[C@H](NC(=N)N)[C@H]2NC(C)=O)[C@H](O)CO)nn1. The molecular weight excluding hydrogens is 1170 g/mol. The lowest BCUT2D eigenvalue weighted by atomic mass is 9.91. The number of amides is 5. The maximum absolute atomic E-state index is 13.8. The average molecular weight is 1250 g/mol. The number of aliphatic hydroxyl groups excluding tert-OH is 4. The zero-order valence-corrected chi connectivity index (χ0v) is 48.3. The Morgan fingerprint density at radius 2 is 1.22 bits per heavy atom. The van der Waals surface area contributed by atoms with Crippen molar-refractivity contribution >= 4 is 53.4 Å². The van der Waals surface area contributed by atoms with Crippen LogP contribution in [-0.2, 0) is 84.5 Å². The Balaban J connectivity index is 1.36. The Morgan fingerprint density at radius 3 is 1.67 bits per heavy atom. The number of ether oxygens (including phenoxy) is 8. The molecule has 1 aromatic rings. The topological polar surface area (TPSA) is 548 Å². The van der Waals surface area contributed by atoms with Crippen LogP contribution in [0.25, 0.3) is 0 Å². The summed E-state index contributed by atoms with van der Waals surface area (Å²) in [5.41, 5.74) is 17.7. The summed E-state index contributed by atoms with van der Waals surface area (Å²) in [6.45, 7) is 0.960. The Hall–Kier alpha value is -8.49. The normalized spacial score (nSPS) is 20.1. The van der Waals surface area contributed by atoms with E-state index in [1.54, 1.807) is 11.2 Å². The van der Waals surface area contributed by atoms with Crippen molar-refractivity contribution in [2.45, 2.75) is 94.1 Å². The summed E-state index contributed by atoms with van der Waals surface area (Å²) in [7, 11) is 0. The third-order valence-electron chi connectivity index (χ3n) is 12.5. The number of aliphatic carboxylic acids is 2. The number of carboxylic acids is 2. The minimum atomic E-state index is -1.76. The summed E-state index contributed by atoms with van der Waals surface area (Å²) in [6.07, 6.45) is 0.567. The molecule has 38 nitrogen and oxygen atoms in total. The molecule has 10 atom stereocenters. The summed E-state index contributed by atoms with van der Waals surface area (Å²) in [5.74, 6) is -6.23. The predicted molar refractivity (Wildman–Crippen MR) is 299 cm³/mol. The molecule has 490 valence electrons. The lowest BCUT2D eigenvalue weighted by molar-refractivity contribution is -0.159. The van der Waals surface area contributed by atoms with Crippen LogP contribution in [0.15, 0.2) is 41.8 Å². The molecule has 20 N–H and O–H groups in total. The number of aliphatic hydroxyl groups is 4. The number of aromatic nitrogens is 3. The molecule has 3 aliphatic heterocycles. The van der Waals surface area contributed by atoms with Gasteiger partial charge in [-0.3, -0.25) is 44.5 Å². The number of nitrogens with one attached hydrogen (secondary N) is 10. The van der Waals surface area contributed by atoms with Crippen molar-refractivity contribution in [2.75, 3.05) is 105 Å². The summed E-state index contributed by atoms with van der Waals surface area (Å²) >= 11 is 0. The van der Waals surface area contributed by atoms with Gasteiger partial charge in [0.25, 0.3) is 0 Å². The average Bonchev–Trinajstić information content (AvgIpc) is 1.41. The van der Waals surface area contributed by atoms with Crippen molar-refractivity contribution in [1.82, 2.24) is 67.8 Å². The molecular formula is C50H79N17O21. The zero-order valence-electron chi connectivity index (χ0n) is 48.3. The van der Waals surface area contributed by atoms with Crippen LogP contribution in [0, 0.1) is 23.2 Å². The first kappa shape index (κ1) is 72.0. The molecule has 0 radical (unpaired) electrons. The second-order valence-corrected chi connectivity index (χ2v) is 19.4. The highest BCUT2D eigenvalue weighted by molar-refractivity contribution is 5.86. The number of carbonyl (C=O) groups is 7. The van der Waals surface area contributed by atoms with E-state index in [2.05, 4.69) is 59.1 Å². The molecule has 38 heteroatoms. The number of terminal acetylenes is 1. The van der Waals surface area contributed by atoms with Crippen LogP contribution < -0.4 is 54.3 Å². The van der Waals surface area contributed by atoms with E-state index in [1.165, 1.54) is 15.8 Å². The Morgan fingerprint density at radius 1 is 0.739 bits per heavy atom. The number of carbonyl (C=O) groups excluding carboxylic acids is 5. The van der Waals surface area contributed by atoms with E-state index in [1.807, 2.05) is 0 Å². The fourth-order valence-corrected chi connectivity index (χ4v) is 8.67. The van der Waals surface area contributed by atoms with Crippen molar-refractivity contribution in [3.63, 3.8) is 0 Å². The molecule has 1 aromatic heterocycles. The van der Waals surface area contributed by atoms with Crippen LogP contribution in [0.4, 0.5) is 0 Å². The van der Waals surface area contributed by atoms with E-state index >= 15 is 0 Å². The highest BCUT2D eigenvalue weighted by Gasteiger charge is 2.47. The van der Waals surface area contributed by atoms with Gasteiger partial charge >= 0.3 is 11.9 Å². The second-order valence-electron chi connectivity index (χ2n) is 19.4. The van der Waals surface area contributed by atoms with Gasteiger partial charge in [0.2, 0.25) is 41.1 Å². The largest absolute Gasteiger partial charge is 0.478 e. The van der Waals surface area contributed by atoms with E-state index < -0.39 is 146 Å². The van der Waals surface area contributed by atoms with Crippen molar-refractivity contribution in [3.05, 3.63) is 47.5 Å². The number of hydrogen-bond acceptors (Lipinski definition) is 26.